The van der Waals surface area contributed by atoms with Crippen LogP contribution in [-0.4, -0.2) is 30.4 Å². The lowest BCUT2D eigenvalue weighted by molar-refractivity contribution is -0.137. The predicted molar refractivity (Wildman–Crippen MR) is 79.6 cm³/mol. The molecule has 1 saturated heterocycles. The summed E-state index contributed by atoms with van der Waals surface area (Å²) in [5.41, 5.74) is -0.316. The molecular weight excluding hydrogens is 293 g/mol. The summed E-state index contributed by atoms with van der Waals surface area (Å²) in [5.74, 6) is -0.163. The molecule has 0 unspecified atom stereocenters. The minimum atomic E-state index is -4.35. The highest BCUT2D eigenvalue weighted by atomic mass is 19.4. The number of hydrogen-bond acceptors (Lipinski definition) is 2. The fourth-order valence-electron chi connectivity index (χ4n) is 2.59. The summed E-state index contributed by atoms with van der Waals surface area (Å²) in [6.07, 6.45) is 0.833. The molecule has 122 valence electrons. The Bertz CT molecular complexity index is 477. The lowest BCUT2D eigenvalue weighted by Gasteiger charge is -2.19. The average Bonchev–Trinajstić information content (AvgIpc) is 2.73. The minimum Gasteiger partial charge on any atom is -0.326 e. The number of alkyl halides is 3. The van der Waals surface area contributed by atoms with Crippen LogP contribution in [0, 0.1) is 0 Å². The maximum absolute atomic E-state index is 12.4. The quantitative estimate of drug-likeness (QED) is 0.914. The highest BCUT2D eigenvalue weighted by Gasteiger charge is 2.29. The Morgan fingerprint density at radius 3 is 2.18 bits per heavy atom. The number of halogens is 3. The molecule has 3 nitrogen and oxygen atoms in total. The second-order valence-corrected chi connectivity index (χ2v) is 5.63. The van der Waals surface area contributed by atoms with E-state index < -0.39 is 11.7 Å². The van der Waals surface area contributed by atoms with Gasteiger partial charge in [0.1, 0.15) is 0 Å². The number of likely N-dealkylation sites (tertiary alicyclic amines) is 1. The smallest absolute Gasteiger partial charge is 0.326 e. The van der Waals surface area contributed by atoms with Gasteiger partial charge in [-0.3, -0.25) is 4.79 Å². The molecule has 1 aliphatic rings. The van der Waals surface area contributed by atoms with Crippen molar-refractivity contribution in [3.63, 3.8) is 0 Å². The molecule has 0 spiro atoms. The summed E-state index contributed by atoms with van der Waals surface area (Å²) in [7, 11) is 0. The second kappa shape index (κ2) is 7.63. The van der Waals surface area contributed by atoms with Crippen LogP contribution in [0.3, 0.4) is 0 Å². The predicted octanol–water partition coefficient (Wildman–Crippen LogP) is 3.91. The largest absolute Gasteiger partial charge is 0.416 e. The van der Waals surface area contributed by atoms with E-state index in [9.17, 15) is 18.0 Å². The third kappa shape index (κ3) is 5.33. The van der Waals surface area contributed by atoms with Gasteiger partial charge in [0.25, 0.3) is 0 Å². The lowest BCUT2D eigenvalue weighted by atomic mass is 10.2. The third-order valence-corrected chi connectivity index (χ3v) is 3.85. The number of carbonyl (C=O) groups is 1. The Labute approximate surface area is 128 Å². The van der Waals surface area contributed by atoms with E-state index in [4.69, 9.17) is 0 Å². The molecule has 0 radical (unpaired) electrons. The summed E-state index contributed by atoms with van der Waals surface area (Å²) < 4.78 is 37.3. The van der Waals surface area contributed by atoms with Crippen LogP contribution in [0.4, 0.5) is 18.9 Å². The van der Waals surface area contributed by atoms with Crippen molar-refractivity contribution in [3.05, 3.63) is 29.8 Å². The molecule has 0 bridgehead atoms. The lowest BCUT2D eigenvalue weighted by Crippen LogP contribution is -2.28. The van der Waals surface area contributed by atoms with E-state index in [1.165, 1.54) is 37.8 Å². The summed E-state index contributed by atoms with van der Waals surface area (Å²) in [6.45, 7) is 2.74. The molecule has 2 rings (SSSR count). The number of nitrogens with one attached hydrogen (secondary N) is 1. The van der Waals surface area contributed by atoms with Gasteiger partial charge in [-0.05, 0) is 50.2 Å². The van der Waals surface area contributed by atoms with E-state index >= 15 is 0 Å². The van der Waals surface area contributed by atoms with E-state index in [-0.39, 0.29) is 5.91 Å². The Balaban J connectivity index is 1.79. The molecule has 0 aliphatic carbocycles. The number of carbonyl (C=O) groups excluding carboxylic acids is 1. The number of nitrogens with zero attached hydrogens (tertiary/aromatic N) is 1. The van der Waals surface area contributed by atoms with Gasteiger partial charge in [0.15, 0.2) is 0 Å². The van der Waals surface area contributed by atoms with Gasteiger partial charge in [0, 0.05) is 18.7 Å². The van der Waals surface area contributed by atoms with Gasteiger partial charge in [-0.25, -0.2) is 0 Å². The fourth-order valence-corrected chi connectivity index (χ4v) is 2.59. The highest BCUT2D eigenvalue weighted by molar-refractivity contribution is 5.90. The number of rotatable bonds is 4. The van der Waals surface area contributed by atoms with Crippen molar-refractivity contribution in [2.75, 3.05) is 25.0 Å². The monoisotopic (exact) mass is 314 g/mol. The molecule has 1 aromatic carbocycles. The number of hydrogen-bond donors (Lipinski definition) is 1. The van der Waals surface area contributed by atoms with Crippen molar-refractivity contribution in [2.24, 2.45) is 0 Å². The van der Waals surface area contributed by atoms with Crippen molar-refractivity contribution in [1.29, 1.82) is 0 Å². The standard InChI is InChI=1S/C16H21F3N2O/c17-16(18,19)13-5-7-14(8-6-13)20-15(22)9-12-21-10-3-1-2-4-11-21/h5-8H,1-4,9-12H2,(H,20,22). The van der Waals surface area contributed by atoms with Crippen LogP contribution in [0.1, 0.15) is 37.7 Å². The summed E-state index contributed by atoms with van der Waals surface area (Å²) in [5, 5.41) is 2.64. The van der Waals surface area contributed by atoms with Gasteiger partial charge in [0.2, 0.25) is 5.91 Å². The van der Waals surface area contributed by atoms with E-state index in [1.807, 2.05) is 0 Å². The van der Waals surface area contributed by atoms with Crippen LogP contribution < -0.4 is 5.32 Å². The molecule has 1 N–H and O–H groups in total. The van der Waals surface area contributed by atoms with Gasteiger partial charge < -0.3 is 10.2 Å². The van der Waals surface area contributed by atoms with Crippen LogP contribution in [0.25, 0.3) is 0 Å². The molecule has 1 fully saturated rings. The first-order chi connectivity index (χ1) is 10.4. The maximum Gasteiger partial charge on any atom is 0.416 e. The van der Waals surface area contributed by atoms with Crippen LogP contribution in [0.15, 0.2) is 24.3 Å². The Kier molecular flexibility index (Phi) is 5.83. The normalized spacial score (nSPS) is 17.0. The van der Waals surface area contributed by atoms with Crippen molar-refractivity contribution in [1.82, 2.24) is 4.90 Å². The van der Waals surface area contributed by atoms with Crippen molar-refractivity contribution < 1.29 is 18.0 Å². The molecule has 0 saturated carbocycles. The molecule has 0 atom stereocenters. The SMILES string of the molecule is O=C(CCN1CCCCCC1)Nc1ccc(C(F)(F)F)cc1. The molecule has 1 heterocycles. The summed E-state index contributed by atoms with van der Waals surface area (Å²) in [6, 6.07) is 4.52. The third-order valence-electron chi connectivity index (χ3n) is 3.85. The zero-order valence-corrected chi connectivity index (χ0v) is 12.5. The number of benzene rings is 1. The zero-order chi connectivity index (χ0) is 16.0. The van der Waals surface area contributed by atoms with Crippen LogP contribution in [0.2, 0.25) is 0 Å². The maximum atomic E-state index is 12.4. The van der Waals surface area contributed by atoms with Gasteiger partial charge >= 0.3 is 6.18 Å². The molecule has 0 aromatic heterocycles. The van der Waals surface area contributed by atoms with Crippen molar-refractivity contribution in [3.8, 4) is 0 Å². The Morgan fingerprint density at radius 1 is 1.05 bits per heavy atom. The first-order valence-corrected chi connectivity index (χ1v) is 7.64. The number of amides is 1. The summed E-state index contributed by atoms with van der Waals surface area (Å²) >= 11 is 0. The first-order valence-electron chi connectivity index (χ1n) is 7.64. The van der Waals surface area contributed by atoms with Crippen LogP contribution in [0.5, 0.6) is 0 Å². The molecule has 22 heavy (non-hydrogen) atoms. The Morgan fingerprint density at radius 2 is 1.64 bits per heavy atom. The average molecular weight is 314 g/mol. The minimum absolute atomic E-state index is 0.163. The first kappa shape index (κ1) is 16.8. The molecular formula is C16H21F3N2O. The van der Waals surface area contributed by atoms with E-state index in [1.54, 1.807) is 0 Å². The zero-order valence-electron chi connectivity index (χ0n) is 12.5. The second-order valence-electron chi connectivity index (χ2n) is 5.63. The van der Waals surface area contributed by atoms with E-state index in [2.05, 4.69) is 10.2 Å². The molecule has 1 aromatic rings. The fraction of sp³-hybridized carbons (Fsp3) is 0.562. The number of anilines is 1. The van der Waals surface area contributed by atoms with Crippen molar-refractivity contribution >= 4 is 11.6 Å². The van der Waals surface area contributed by atoms with Gasteiger partial charge in [-0.1, -0.05) is 12.8 Å². The van der Waals surface area contributed by atoms with Gasteiger partial charge in [-0.15, -0.1) is 0 Å². The van der Waals surface area contributed by atoms with Crippen molar-refractivity contribution in [2.45, 2.75) is 38.3 Å². The van der Waals surface area contributed by atoms with Crippen LogP contribution >= 0.6 is 0 Å². The van der Waals surface area contributed by atoms with Gasteiger partial charge in [-0.2, -0.15) is 13.2 Å². The van der Waals surface area contributed by atoms with Gasteiger partial charge in [0.05, 0.1) is 5.56 Å². The van der Waals surface area contributed by atoms with E-state index in [0.29, 0.717) is 18.7 Å². The van der Waals surface area contributed by atoms with Crippen LogP contribution in [-0.2, 0) is 11.0 Å². The molecule has 1 amide bonds. The molecule has 6 heteroatoms. The Hall–Kier alpha value is -1.56. The topological polar surface area (TPSA) is 32.3 Å². The van der Waals surface area contributed by atoms with E-state index in [0.717, 1.165) is 25.2 Å². The molecule has 1 aliphatic heterocycles. The highest BCUT2D eigenvalue weighted by Crippen LogP contribution is 2.29. The summed E-state index contributed by atoms with van der Waals surface area (Å²) in [4.78, 5) is 14.1.